The SMILES string of the molecule is Cc1cc(Br)ccc1/N=C1\C(C)[C@@H](c2ccccc2OC(F)F)C[C@H]1F. The van der Waals surface area contributed by atoms with Crippen molar-refractivity contribution in [1.29, 1.82) is 0 Å². The van der Waals surface area contributed by atoms with E-state index in [1.807, 2.05) is 32.0 Å². The first kappa shape index (κ1) is 19.0. The zero-order chi connectivity index (χ0) is 18.8. The first-order valence-corrected chi connectivity index (χ1v) is 9.18. The molecule has 26 heavy (non-hydrogen) atoms. The van der Waals surface area contributed by atoms with E-state index >= 15 is 0 Å². The Balaban J connectivity index is 1.93. The Kier molecular flexibility index (Phi) is 5.70. The fraction of sp³-hybridized carbons (Fsp3) is 0.350. The van der Waals surface area contributed by atoms with Gasteiger partial charge in [0, 0.05) is 10.4 Å². The Morgan fingerprint density at radius 3 is 2.62 bits per heavy atom. The van der Waals surface area contributed by atoms with Crippen molar-refractivity contribution in [1.82, 2.24) is 0 Å². The van der Waals surface area contributed by atoms with E-state index in [0.717, 1.165) is 15.7 Å². The van der Waals surface area contributed by atoms with Crippen LogP contribution in [-0.4, -0.2) is 18.5 Å². The number of ether oxygens (including phenoxy) is 1. The molecular formula is C20H19BrF3NO. The van der Waals surface area contributed by atoms with E-state index in [9.17, 15) is 13.2 Å². The lowest BCUT2D eigenvalue weighted by Crippen LogP contribution is -2.15. The van der Waals surface area contributed by atoms with Gasteiger partial charge in [-0.15, -0.1) is 0 Å². The van der Waals surface area contributed by atoms with Crippen LogP contribution >= 0.6 is 15.9 Å². The molecule has 6 heteroatoms. The minimum Gasteiger partial charge on any atom is -0.435 e. The maximum atomic E-state index is 14.7. The summed E-state index contributed by atoms with van der Waals surface area (Å²) in [5, 5.41) is 0. The van der Waals surface area contributed by atoms with Crippen molar-refractivity contribution in [3.05, 3.63) is 58.1 Å². The molecule has 0 aliphatic heterocycles. The molecule has 0 N–H and O–H groups in total. The fourth-order valence-electron chi connectivity index (χ4n) is 3.48. The molecule has 0 spiro atoms. The molecule has 1 aliphatic rings. The van der Waals surface area contributed by atoms with Crippen molar-refractivity contribution in [2.75, 3.05) is 0 Å². The lowest BCUT2D eigenvalue weighted by atomic mass is 9.89. The van der Waals surface area contributed by atoms with Crippen LogP contribution in [-0.2, 0) is 0 Å². The molecule has 1 fully saturated rings. The van der Waals surface area contributed by atoms with Gasteiger partial charge in [0.1, 0.15) is 11.9 Å². The van der Waals surface area contributed by atoms with E-state index in [1.54, 1.807) is 18.2 Å². The number of aliphatic imine (C=N–C) groups is 1. The van der Waals surface area contributed by atoms with Crippen molar-refractivity contribution >= 4 is 27.3 Å². The van der Waals surface area contributed by atoms with Gasteiger partial charge in [-0.1, -0.05) is 41.1 Å². The van der Waals surface area contributed by atoms with Gasteiger partial charge < -0.3 is 4.74 Å². The molecule has 138 valence electrons. The highest BCUT2D eigenvalue weighted by Crippen LogP contribution is 2.44. The average Bonchev–Trinajstić information content (AvgIpc) is 2.85. The molecule has 2 nitrogen and oxygen atoms in total. The van der Waals surface area contributed by atoms with Crippen molar-refractivity contribution < 1.29 is 17.9 Å². The Hall–Kier alpha value is -1.82. The van der Waals surface area contributed by atoms with E-state index in [1.165, 1.54) is 6.07 Å². The van der Waals surface area contributed by atoms with E-state index in [0.29, 0.717) is 11.3 Å². The highest BCUT2D eigenvalue weighted by molar-refractivity contribution is 9.10. The quantitative estimate of drug-likeness (QED) is 0.540. The van der Waals surface area contributed by atoms with Gasteiger partial charge in [0.2, 0.25) is 0 Å². The summed E-state index contributed by atoms with van der Waals surface area (Å²) in [7, 11) is 0. The van der Waals surface area contributed by atoms with Crippen molar-refractivity contribution in [3.63, 3.8) is 0 Å². The molecule has 3 atom stereocenters. The second-order valence-electron chi connectivity index (χ2n) is 6.48. The summed E-state index contributed by atoms with van der Waals surface area (Å²) in [4.78, 5) is 4.56. The fourth-order valence-corrected chi connectivity index (χ4v) is 3.96. The number of hydrogen-bond donors (Lipinski definition) is 0. The number of benzene rings is 2. The first-order chi connectivity index (χ1) is 12.4. The Morgan fingerprint density at radius 2 is 1.92 bits per heavy atom. The highest BCUT2D eigenvalue weighted by atomic mass is 79.9. The molecule has 0 amide bonds. The van der Waals surface area contributed by atoms with E-state index in [4.69, 9.17) is 0 Å². The number of hydrogen-bond acceptors (Lipinski definition) is 2. The van der Waals surface area contributed by atoms with E-state index in [-0.39, 0.29) is 24.0 Å². The molecule has 2 aromatic rings. The number of aryl methyl sites for hydroxylation is 1. The van der Waals surface area contributed by atoms with Gasteiger partial charge in [0.15, 0.2) is 0 Å². The maximum Gasteiger partial charge on any atom is 0.387 e. The number of halogens is 4. The van der Waals surface area contributed by atoms with Crippen LogP contribution in [0.25, 0.3) is 0 Å². The lowest BCUT2D eigenvalue weighted by molar-refractivity contribution is -0.0507. The van der Waals surface area contributed by atoms with Gasteiger partial charge in [0.25, 0.3) is 0 Å². The van der Waals surface area contributed by atoms with Crippen LogP contribution in [0.3, 0.4) is 0 Å². The predicted octanol–water partition coefficient (Wildman–Crippen LogP) is 6.59. The van der Waals surface area contributed by atoms with Gasteiger partial charge in [-0.05, 0) is 54.7 Å². The van der Waals surface area contributed by atoms with Crippen LogP contribution in [0.15, 0.2) is 51.9 Å². The third kappa shape index (κ3) is 3.95. The van der Waals surface area contributed by atoms with Crippen molar-refractivity contribution in [2.45, 2.75) is 39.0 Å². The molecular weight excluding hydrogens is 407 g/mol. The number of para-hydroxylation sites is 1. The second kappa shape index (κ2) is 7.82. The van der Waals surface area contributed by atoms with Crippen LogP contribution in [0, 0.1) is 12.8 Å². The van der Waals surface area contributed by atoms with Crippen LogP contribution in [0.5, 0.6) is 5.75 Å². The van der Waals surface area contributed by atoms with Gasteiger partial charge in [-0.25, -0.2) is 4.39 Å². The zero-order valence-electron chi connectivity index (χ0n) is 14.4. The predicted molar refractivity (Wildman–Crippen MR) is 100 cm³/mol. The molecule has 1 unspecified atom stereocenters. The molecule has 0 bridgehead atoms. The Morgan fingerprint density at radius 1 is 1.19 bits per heavy atom. The summed E-state index contributed by atoms with van der Waals surface area (Å²) in [6.07, 6.45) is -1.00. The molecule has 1 aliphatic carbocycles. The highest BCUT2D eigenvalue weighted by Gasteiger charge is 2.40. The van der Waals surface area contributed by atoms with Gasteiger partial charge in [-0.3, -0.25) is 4.99 Å². The molecule has 0 saturated heterocycles. The minimum atomic E-state index is -2.91. The van der Waals surface area contributed by atoms with E-state index < -0.39 is 12.8 Å². The summed E-state index contributed by atoms with van der Waals surface area (Å²) >= 11 is 3.40. The van der Waals surface area contributed by atoms with E-state index in [2.05, 4.69) is 25.7 Å². The molecule has 1 saturated carbocycles. The van der Waals surface area contributed by atoms with Crippen molar-refractivity contribution in [2.24, 2.45) is 10.9 Å². The molecule has 0 aromatic heterocycles. The van der Waals surface area contributed by atoms with Crippen LogP contribution in [0.4, 0.5) is 18.9 Å². The number of rotatable bonds is 4. The smallest absolute Gasteiger partial charge is 0.387 e. The summed E-state index contributed by atoms with van der Waals surface area (Å²) in [6.45, 7) is 0.893. The van der Waals surface area contributed by atoms with Crippen LogP contribution in [0.2, 0.25) is 0 Å². The monoisotopic (exact) mass is 425 g/mol. The maximum absolute atomic E-state index is 14.7. The summed E-state index contributed by atoms with van der Waals surface area (Å²) < 4.78 is 45.7. The van der Waals surface area contributed by atoms with Gasteiger partial charge >= 0.3 is 6.61 Å². The Labute approximate surface area is 159 Å². The van der Waals surface area contributed by atoms with Gasteiger partial charge in [-0.2, -0.15) is 8.78 Å². The molecule has 3 rings (SSSR count). The Bertz CT molecular complexity index is 824. The van der Waals surface area contributed by atoms with Crippen LogP contribution in [0.1, 0.15) is 30.4 Å². The third-order valence-electron chi connectivity index (χ3n) is 4.79. The lowest BCUT2D eigenvalue weighted by Gasteiger charge is -2.19. The minimum absolute atomic E-state index is 0.104. The second-order valence-corrected chi connectivity index (χ2v) is 7.40. The summed E-state index contributed by atoms with van der Waals surface area (Å²) in [5.41, 5.74) is 2.71. The standard InChI is InChI=1S/C20H19BrF3NO/c1-11-9-13(21)7-8-17(11)25-19-12(2)15(10-16(19)22)14-5-3-4-6-18(14)26-20(23)24/h3-9,12,15-16,20H,10H2,1-2H3/b25-19+/t12?,15-,16+/m0/s1. The normalized spacial score (nSPS) is 24.4. The first-order valence-electron chi connectivity index (χ1n) is 8.39. The average molecular weight is 426 g/mol. The molecule has 0 radical (unpaired) electrons. The van der Waals surface area contributed by atoms with Crippen LogP contribution < -0.4 is 4.74 Å². The largest absolute Gasteiger partial charge is 0.435 e. The number of alkyl halides is 3. The number of nitrogens with zero attached hydrogens (tertiary/aromatic N) is 1. The van der Waals surface area contributed by atoms with Crippen molar-refractivity contribution in [3.8, 4) is 5.75 Å². The molecule has 2 aromatic carbocycles. The molecule has 0 heterocycles. The topological polar surface area (TPSA) is 21.6 Å². The summed E-state index contributed by atoms with van der Waals surface area (Å²) in [6, 6.07) is 12.2. The zero-order valence-corrected chi connectivity index (χ0v) is 16.0. The van der Waals surface area contributed by atoms with Gasteiger partial charge in [0.05, 0.1) is 11.4 Å². The third-order valence-corrected chi connectivity index (χ3v) is 5.29. The summed E-state index contributed by atoms with van der Waals surface area (Å²) in [5.74, 6) is -0.363.